The van der Waals surface area contributed by atoms with Crippen molar-refractivity contribution in [2.24, 2.45) is 5.92 Å². The minimum atomic E-state index is -0.880. The highest BCUT2D eigenvalue weighted by Crippen LogP contribution is 2.19. The van der Waals surface area contributed by atoms with Gasteiger partial charge in [0.1, 0.15) is 6.04 Å². The summed E-state index contributed by atoms with van der Waals surface area (Å²) in [5, 5.41) is 6.81. The topological polar surface area (TPSA) is 74.0 Å². The molecule has 0 radical (unpaired) electrons. The van der Waals surface area contributed by atoms with Gasteiger partial charge in [-0.25, -0.2) is 8.78 Å². The third kappa shape index (κ3) is 5.93. The molecule has 0 saturated heterocycles. The Labute approximate surface area is 186 Å². The van der Waals surface area contributed by atoms with E-state index in [9.17, 15) is 18.4 Å². The number of carbonyl (C=O) groups excluding carboxylic acids is 2. The summed E-state index contributed by atoms with van der Waals surface area (Å²) in [6, 6.07) is 10.7. The number of H-pyrrole nitrogens is 1. The summed E-state index contributed by atoms with van der Waals surface area (Å²) in [4.78, 5) is 28.6. The first-order chi connectivity index (χ1) is 15.2. The number of aryl methyl sites for hydroxylation is 1. The highest BCUT2D eigenvalue weighted by molar-refractivity contribution is 5.90. The fourth-order valence-electron chi connectivity index (χ4n) is 3.56. The summed E-state index contributed by atoms with van der Waals surface area (Å²) in [6.45, 7) is 5.41. The number of aromatic amines is 1. The Morgan fingerprint density at radius 1 is 0.969 bits per heavy atom. The number of aromatic nitrogens is 1. The van der Waals surface area contributed by atoms with Gasteiger partial charge in [0.2, 0.25) is 11.8 Å². The van der Waals surface area contributed by atoms with Crippen molar-refractivity contribution in [2.75, 3.05) is 0 Å². The fraction of sp³-hybridized carbons (Fsp3) is 0.360. The van der Waals surface area contributed by atoms with Crippen LogP contribution < -0.4 is 10.6 Å². The summed E-state index contributed by atoms with van der Waals surface area (Å²) in [6.07, 6.45) is 3.25. The number of halogens is 2. The average molecular weight is 442 g/mol. The van der Waals surface area contributed by atoms with E-state index in [1.54, 1.807) is 13.8 Å². The lowest BCUT2D eigenvalue weighted by Crippen LogP contribution is -2.51. The number of nitrogens with one attached hydrogen (secondary N) is 3. The molecule has 0 fully saturated rings. The summed E-state index contributed by atoms with van der Waals surface area (Å²) in [5.74, 6) is -2.48. The van der Waals surface area contributed by atoms with Crippen LogP contribution in [0.1, 0.15) is 38.3 Å². The van der Waals surface area contributed by atoms with E-state index in [1.807, 2.05) is 37.4 Å². The first-order valence-electron chi connectivity index (χ1n) is 10.8. The maximum absolute atomic E-state index is 13.4. The summed E-state index contributed by atoms with van der Waals surface area (Å²) >= 11 is 0. The fourth-order valence-corrected chi connectivity index (χ4v) is 3.56. The van der Waals surface area contributed by atoms with E-state index in [1.165, 1.54) is 12.1 Å². The molecule has 170 valence electrons. The van der Waals surface area contributed by atoms with E-state index in [0.29, 0.717) is 24.8 Å². The van der Waals surface area contributed by atoms with Crippen molar-refractivity contribution in [1.29, 1.82) is 0 Å². The number of hydrogen-bond donors (Lipinski definition) is 3. The molecule has 7 heteroatoms. The van der Waals surface area contributed by atoms with Crippen LogP contribution in [0.4, 0.5) is 8.78 Å². The lowest BCUT2D eigenvalue weighted by molar-refractivity contribution is -0.130. The van der Waals surface area contributed by atoms with Crippen LogP contribution in [0.3, 0.4) is 0 Å². The largest absolute Gasteiger partial charge is 0.361 e. The van der Waals surface area contributed by atoms with Gasteiger partial charge in [-0.15, -0.1) is 0 Å². The van der Waals surface area contributed by atoms with Crippen LogP contribution in [0.5, 0.6) is 0 Å². The molecule has 2 amide bonds. The molecule has 2 aromatic carbocycles. The lowest BCUT2D eigenvalue weighted by atomic mass is 10.0. The first-order valence-corrected chi connectivity index (χ1v) is 10.8. The number of para-hydroxylation sites is 1. The SMILES string of the molecule is CC(CCc1ccc(F)c(F)c1)NC(=O)C(Cc1c[nH]c2ccccc12)NC(=O)C(C)C. The van der Waals surface area contributed by atoms with Gasteiger partial charge in [0.05, 0.1) is 0 Å². The summed E-state index contributed by atoms with van der Waals surface area (Å²) < 4.78 is 26.5. The summed E-state index contributed by atoms with van der Waals surface area (Å²) in [5.41, 5.74) is 2.57. The van der Waals surface area contributed by atoms with Crippen molar-refractivity contribution in [3.05, 3.63) is 71.4 Å². The van der Waals surface area contributed by atoms with Crippen molar-refractivity contribution in [2.45, 2.75) is 52.1 Å². The molecular formula is C25H29F2N3O2. The predicted molar refractivity (Wildman–Crippen MR) is 121 cm³/mol. The number of benzene rings is 2. The molecule has 0 aliphatic carbocycles. The molecule has 3 N–H and O–H groups in total. The maximum atomic E-state index is 13.4. The van der Waals surface area contributed by atoms with Crippen LogP contribution in [-0.4, -0.2) is 28.9 Å². The molecule has 0 bridgehead atoms. The highest BCUT2D eigenvalue weighted by atomic mass is 19.2. The molecule has 1 heterocycles. The van der Waals surface area contributed by atoms with Crippen LogP contribution in [0.25, 0.3) is 10.9 Å². The van der Waals surface area contributed by atoms with E-state index in [2.05, 4.69) is 15.6 Å². The van der Waals surface area contributed by atoms with Crippen molar-refractivity contribution in [1.82, 2.24) is 15.6 Å². The maximum Gasteiger partial charge on any atom is 0.243 e. The van der Waals surface area contributed by atoms with Gasteiger partial charge in [-0.05, 0) is 49.1 Å². The minimum absolute atomic E-state index is 0.195. The van der Waals surface area contributed by atoms with Gasteiger partial charge >= 0.3 is 0 Å². The highest BCUT2D eigenvalue weighted by Gasteiger charge is 2.24. The molecule has 32 heavy (non-hydrogen) atoms. The average Bonchev–Trinajstić information content (AvgIpc) is 3.16. The van der Waals surface area contributed by atoms with Gasteiger partial charge in [-0.1, -0.05) is 38.1 Å². The second kappa shape index (κ2) is 10.4. The van der Waals surface area contributed by atoms with Crippen LogP contribution >= 0.6 is 0 Å². The van der Waals surface area contributed by atoms with E-state index in [4.69, 9.17) is 0 Å². The smallest absolute Gasteiger partial charge is 0.243 e. The quantitative estimate of drug-likeness (QED) is 0.464. The zero-order valence-corrected chi connectivity index (χ0v) is 18.5. The standard InChI is InChI=1S/C25H29F2N3O2/c1-15(2)24(31)30-23(13-18-14-28-22-7-5-4-6-19(18)22)25(32)29-16(3)8-9-17-10-11-20(26)21(27)12-17/h4-7,10-12,14-16,23,28H,8-9,13H2,1-3H3,(H,29,32)(H,30,31). The van der Waals surface area contributed by atoms with Gasteiger partial charge in [0.25, 0.3) is 0 Å². The number of amides is 2. The van der Waals surface area contributed by atoms with Crippen molar-refractivity contribution in [3.8, 4) is 0 Å². The van der Waals surface area contributed by atoms with Gasteiger partial charge in [-0.3, -0.25) is 9.59 Å². The predicted octanol–water partition coefficient (Wildman–Crippen LogP) is 4.27. The normalized spacial score (nSPS) is 13.2. The summed E-state index contributed by atoms with van der Waals surface area (Å²) in [7, 11) is 0. The van der Waals surface area contributed by atoms with E-state index < -0.39 is 17.7 Å². The third-order valence-corrected chi connectivity index (χ3v) is 5.50. The molecule has 3 rings (SSSR count). The molecular weight excluding hydrogens is 412 g/mol. The van der Waals surface area contributed by atoms with E-state index in [0.717, 1.165) is 22.5 Å². The zero-order chi connectivity index (χ0) is 23.3. The first kappa shape index (κ1) is 23.4. The monoisotopic (exact) mass is 441 g/mol. The van der Waals surface area contributed by atoms with Crippen LogP contribution in [0, 0.1) is 17.6 Å². The van der Waals surface area contributed by atoms with Gasteiger partial charge in [-0.2, -0.15) is 0 Å². The number of fused-ring (bicyclic) bond motifs is 1. The van der Waals surface area contributed by atoms with E-state index in [-0.39, 0.29) is 23.8 Å². The Hall–Kier alpha value is -3.22. The van der Waals surface area contributed by atoms with Crippen molar-refractivity contribution >= 4 is 22.7 Å². The van der Waals surface area contributed by atoms with Gasteiger partial charge in [0.15, 0.2) is 11.6 Å². The molecule has 1 aromatic heterocycles. The molecule has 5 nitrogen and oxygen atoms in total. The molecule has 2 unspecified atom stereocenters. The minimum Gasteiger partial charge on any atom is -0.361 e. The Bertz CT molecular complexity index is 1090. The number of carbonyl (C=O) groups is 2. The molecule has 0 aliphatic rings. The van der Waals surface area contributed by atoms with Gasteiger partial charge < -0.3 is 15.6 Å². The molecule has 0 saturated carbocycles. The molecule has 0 aliphatic heterocycles. The second-order valence-corrected chi connectivity index (χ2v) is 8.48. The Balaban J connectivity index is 1.67. The molecule has 3 aromatic rings. The molecule has 0 spiro atoms. The number of rotatable bonds is 9. The zero-order valence-electron chi connectivity index (χ0n) is 18.5. The Morgan fingerprint density at radius 3 is 2.44 bits per heavy atom. The van der Waals surface area contributed by atoms with Gasteiger partial charge in [0, 0.05) is 35.5 Å². The Morgan fingerprint density at radius 2 is 1.72 bits per heavy atom. The third-order valence-electron chi connectivity index (χ3n) is 5.50. The second-order valence-electron chi connectivity index (χ2n) is 8.48. The number of hydrogen-bond acceptors (Lipinski definition) is 2. The van der Waals surface area contributed by atoms with Crippen molar-refractivity contribution < 1.29 is 18.4 Å². The lowest BCUT2D eigenvalue weighted by Gasteiger charge is -2.22. The van der Waals surface area contributed by atoms with Crippen molar-refractivity contribution in [3.63, 3.8) is 0 Å². The van der Waals surface area contributed by atoms with Crippen LogP contribution in [-0.2, 0) is 22.4 Å². The Kier molecular flexibility index (Phi) is 7.62. The van der Waals surface area contributed by atoms with Crippen LogP contribution in [0.2, 0.25) is 0 Å². The molecule has 2 atom stereocenters. The van der Waals surface area contributed by atoms with Crippen LogP contribution in [0.15, 0.2) is 48.7 Å². The van der Waals surface area contributed by atoms with E-state index >= 15 is 0 Å².